The Kier molecular flexibility index (Phi) is 16.1. The number of alkyl halides is 3. The lowest BCUT2D eigenvalue weighted by atomic mass is 10.1. The molecule has 0 atom stereocenters. The maximum Gasteiger partial charge on any atom is 0.417 e. The van der Waals surface area contributed by atoms with Crippen LogP contribution >= 0.6 is 11.6 Å². The minimum Gasteiger partial charge on any atom is -0.372 e. The summed E-state index contributed by atoms with van der Waals surface area (Å²) < 4.78 is 40.1. The van der Waals surface area contributed by atoms with E-state index in [9.17, 15) is 22.8 Å². The van der Waals surface area contributed by atoms with Gasteiger partial charge in [0.1, 0.15) is 0 Å². The monoisotopic (exact) mass is 755 g/mol. The van der Waals surface area contributed by atoms with Gasteiger partial charge < -0.3 is 20.0 Å². The van der Waals surface area contributed by atoms with Crippen LogP contribution < -0.4 is 15.6 Å². The largest absolute Gasteiger partial charge is 0.417 e. The molecule has 1 aliphatic heterocycles. The Morgan fingerprint density at radius 3 is 2.08 bits per heavy atom. The van der Waals surface area contributed by atoms with Crippen LogP contribution in [0.25, 0.3) is 0 Å². The second-order valence-electron chi connectivity index (χ2n) is 13.2. The van der Waals surface area contributed by atoms with Crippen LogP contribution in [-0.4, -0.2) is 98.2 Å². The Hall–Kier alpha value is -3.97. The van der Waals surface area contributed by atoms with E-state index in [1.165, 1.54) is 6.07 Å². The first-order valence-corrected chi connectivity index (χ1v) is 19.0. The molecule has 1 aliphatic rings. The van der Waals surface area contributed by atoms with E-state index >= 15 is 0 Å². The molecule has 1 saturated heterocycles. The highest BCUT2D eigenvalue weighted by atomic mass is 35.5. The van der Waals surface area contributed by atoms with Gasteiger partial charge in [0.15, 0.2) is 0 Å². The highest BCUT2D eigenvalue weighted by Crippen LogP contribution is 2.35. The lowest BCUT2D eigenvalue weighted by Gasteiger charge is -2.29. The molecule has 0 aliphatic carbocycles. The molecule has 0 bridgehead atoms. The molecule has 13 heteroatoms. The van der Waals surface area contributed by atoms with Crippen molar-refractivity contribution in [2.45, 2.75) is 59.7 Å². The highest BCUT2D eigenvalue weighted by molar-refractivity contribution is 6.31. The SMILES string of the molecule is CCN(CC)CCN(CCN(CC)CC)Cc1cccc(C(=O)Nc2ccc(N3CCCCC3)cc2C(=O)NN=Cc2ccc(Cl)c(C(F)(F)F)c2)c1. The summed E-state index contributed by atoms with van der Waals surface area (Å²) >= 11 is 5.75. The minimum atomic E-state index is -4.64. The smallest absolute Gasteiger partial charge is 0.372 e. The van der Waals surface area contributed by atoms with Crippen molar-refractivity contribution in [1.29, 1.82) is 0 Å². The Bertz CT molecular complexity index is 1660. The van der Waals surface area contributed by atoms with Crippen LogP contribution in [-0.2, 0) is 12.7 Å². The van der Waals surface area contributed by atoms with Crippen LogP contribution in [0, 0.1) is 0 Å². The molecule has 1 heterocycles. The number of hydrogen-bond donors (Lipinski definition) is 2. The lowest BCUT2D eigenvalue weighted by Crippen LogP contribution is -2.39. The molecular formula is C40H53ClF3N7O2. The summed E-state index contributed by atoms with van der Waals surface area (Å²) in [5, 5.41) is 6.43. The number of hydrogen-bond acceptors (Lipinski definition) is 7. The van der Waals surface area contributed by atoms with Gasteiger partial charge in [-0.3, -0.25) is 14.5 Å². The molecule has 3 aromatic carbocycles. The molecule has 4 rings (SSSR count). The normalized spacial score (nSPS) is 13.8. The number of carbonyl (C=O) groups excluding carboxylic acids is 2. The second-order valence-corrected chi connectivity index (χ2v) is 13.6. The predicted octanol–water partition coefficient (Wildman–Crippen LogP) is 7.85. The molecule has 0 spiro atoms. The molecule has 0 unspecified atom stereocenters. The van der Waals surface area contributed by atoms with Gasteiger partial charge in [-0.1, -0.05) is 57.5 Å². The lowest BCUT2D eigenvalue weighted by molar-refractivity contribution is -0.137. The van der Waals surface area contributed by atoms with E-state index < -0.39 is 22.7 Å². The van der Waals surface area contributed by atoms with Gasteiger partial charge in [-0.25, -0.2) is 5.43 Å². The molecule has 3 aromatic rings. The number of anilines is 2. The Morgan fingerprint density at radius 2 is 1.45 bits per heavy atom. The highest BCUT2D eigenvalue weighted by Gasteiger charge is 2.33. The third kappa shape index (κ3) is 12.6. The molecular weight excluding hydrogens is 703 g/mol. The molecule has 0 saturated carbocycles. The minimum absolute atomic E-state index is 0.108. The van der Waals surface area contributed by atoms with Gasteiger partial charge in [-0.2, -0.15) is 18.3 Å². The summed E-state index contributed by atoms with van der Waals surface area (Å²) in [7, 11) is 0. The summed E-state index contributed by atoms with van der Waals surface area (Å²) in [4.78, 5) is 36.7. The maximum atomic E-state index is 13.7. The number of amides is 2. The van der Waals surface area contributed by atoms with E-state index in [1.54, 1.807) is 18.2 Å². The first-order chi connectivity index (χ1) is 25.4. The van der Waals surface area contributed by atoms with Crippen molar-refractivity contribution < 1.29 is 22.8 Å². The van der Waals surface area contributed by atoms with Gasteiger partial charge >= 0.3 is 6.18 Å². The van der Waals surface area contributed by atoms with E-state index in [-0.39, 0.29) is 17.0 Å². The Morgan fingerprint density at radius 1 is 0.811 bits per heavy atom. The summed E-state index contributed by atoms with van der Waals surface area (Å²) in [6.45, 7) is 18.8. The van der Waals surface area contributed by atoms with Crippen molar-refractivity contribution in [2.75, 3.05) is 75.7 Å². The van der Waals surface area contributed by atoms with Gasteiger partial charge in [0, 0.05) is 57.1 Å². The summed E-state index contributed by atoms with van der Waals surface area (Å²) in [5.74, 6) is -0.986. The first kappa shape index (κ1) is 41.8. The van der Waals surface area contributed by atoms with Crippen LogP contribution in [0.4, 0.5) is 24.5 Å². The number of halogens is 4. The topological polar surface area (TPSA) is 83.5 Å². The van der Waals surface area contributed by atoms with Crippen molar-refractivity contribution in [3.63, 3.8) is 0 Å². The van der Waals surface area contributed by atoms with Gasteiger partial charge in [-0.15, -0.1) is 0 Å². The number of rotatable bonds is 18. The molecule has 0 aromatic heterocycles. The second kappa shape index (κ2) is 20.5. The number of carbonyl (C=O) groups is 2. The van der Waals surface area contributed by atoms with E-state index in [4.69, 9.17) is 11.6 Å². The molecule has 9 nitrogen and oxygen atoms in total. The molecule has 1 fully saturated rings. The van der Waals surface area contributed by atoms with E-state index in [0.29, 0.717) is 17.8 Å². The molecule has 53 heavy (non-hydrogen) atoms. The van der Waals surface area contributed by atoms with Crippen LogP contribution in [0.15, 0.2) is 65.8 Å². The van der Waals surface area contributed by atoms with E-state index in [2.05, 4.69) is 63.1 Å². The quantitative estimate of drug-likeness (QED) is 0.102. The maximum absolute atomic E-state index is 13.7. The number of hydrazone groups is 1. The van der Waals surface area contributed by atoms with Gasteiger partial charge in [0.25, 0.3) is 11.8 Å². The van der Waals surface area contributed by atoms with Crippen LogP contribution in [0.1, 0.15) is 84.4 Å². The van der Waals surface area contributed by atoms with Crippen molar-refractivity contribution in [1.82, 2.24) is 20.1 Å². The molecule has 2 N–H and O–H groups in total. The van der Waals surface area contributed by atoms with Gasteiger partial charge in [-0.05, 0) is 99.0 Å². The Labute approximate surface area is 317 Å². The standard InChI is InChI=1S/C40H53ClF3N7O2/c1-5-48(6-2)21-23-50(24-22-49(7-3)8-4)29-31-13-12-14-32(25-31)38(52)46-37-18-16-33(51-19-10-9-11-20-51)27-34(37)39(53)47-45-28-30-15-17-36(41)35(26-30)40(42,43)44/h12-18,25-28H,5-11,19-24,29H2,1-4H3,(H,46,52)(H,47,53). The zero-order valence-corrected chi connectivity index (χ0v) is 32.1. The number of piperidine rings is 1. The summed E-state index contributed by atoms with van der Waals surface area (Å²) in [6, 6.07) is 16.2. The predicted molar refractivity (Wildman–Crippen MR) is 209 cm³/mol. The number of benzene rings is 3. The van der Waals surface area contributed by atoms with Crippen molar-refractivity contribution in [2.24, 2.45) is 5.10 Å². The van der Waals surface area contributed by atoms with Crippen molar-refractivity contribution in [3.05, 3.63) is 93.5 Å². The fourth-order valence-corrected chi connectivity index (χ4v) is 6.65. The molecule has 288 valence electrons. The van der Waals surface area contributed by atoms with Crippen LogP contribution in [0.3, 0.4) is 0 Å². The van der Waals surface area contributed by atoms with Gasteiger partial charge in [0.2, 0.25) is 0 Å². The van der Waals surface area contributed by atoms with Crippen LogP contribution in [0.2, 0.25) is 5.02 Å². The zero-order valence-electron chi connectivity index (χ0n) is 31.3. The van der Waals surface area contributed by atoms with Crippen LogP contribution in [0.5, 0.6) is 0 Å². The Balaban J connectivity index is 1.54. The molecule has 0 radical (unpaired) electrons. The first-order valence-electron chi connectivity index (χ1n) is 18.6. The fraction of sp³-hybridized carbons (Fsp3) is 0.475. The zero-order chi connectivity index (χ0) is 38.4. The number of nitrogens with one attached hydrogen (secondary N) is 2. The average Bonchev–Trinajstić information content (AvgIpc) is 3.16. The summed E-state index contributed by atoms with van der Waals surface area (Å²) in [6.07, 6.45) is -0.319. The number of nitrogens with zero attached hydrogens (tertiary/aromatic N) is 5. The third-order valence-electron chi connectivity index (χ3n) is 9.74. The van der Waals surface area contributed by atoms with Crippen molar-refractivity contribution >= 4 is 41.0 Å². The van der Waals surface area contributed by atoms with E-state index in [0.717, 1.165) is 114 Å². The van der Waals surface area contributed by atoms with E-state index in [1.807, 2.05) is 24.3 Å². The molecule has 2 amide bonds. The fourth-order valence-electron chi connectivity index (χ4n) is 6.42. The van der Waals surface area contributed by atoms with Gasteiger partial charge in [0.05, 0.1) is 28.1 Å². The van der Waals surface area contributed by atoms with Crippen molar-refractivity contribution in [3.8, 4) is 0 Å². The third-order valence-corrected chi connectivity index (χ3v) is 10.1. The number of likely N-dealkylation sites (N-methyl/N-ethyl adjacent to an activating group) is 2. The summed E-state index contributed by atoms with van der Waals surface area (Å²) in [5.41, 5.74) is 4.32. The average molecular weight is 756 g/mol.